The number of aromatic nitrogens is 2. The molecule has 2 heterocycles. The number of amides is 1. The van der Waals surface area contributed by atoms with Crippen LogP contribution in [0.1, 0.15) is 27.0 Å². The van der Waals surface area contributed by atoms with Crippen LogP contribution in [0.3, 0.4) is 0 Å². The number of rotatable bonds is 4. The lowest BCUT2D eigenvalue weighted by molar-refractivity contribution is 0.102. The van der Waals surface area contributed by atoms with E-state index in [4.69, 9.17) is 0 Å². The Morgan fingerprint density at radius 1 is 0.960 bits per heavy atom. The van der Waals surface area contributed by atoms with Crippen molar-refractivity contribution in [3.8, 4) is 0 Å². The van der Waals surface area contributed by atoms with Crippen molar-refractivity contribution >= 4 is 23.5 Å². The molecule has 0 aliphatic rings. The van der Waals surface area contributed by atoms with E-state index in [1.807, 2.05) is 19.1 Å². The third-order valence-electron chi connectivity index (χ3n) is 3.72. The van der Waals surface area contributed by atoms with E-state index < -0.39 is 0 Å². The highest BCUT2D eigenvalue weighted by molar-refractivity contribution is 7.99. The van der Waals surface area contributed by atoms with Crippen molar-refractivity contribution in [3.05, 3.63) is 77.1 Å². The summed E-state index contributed by atoms with van der Waals surface area (Å²) in [5.41, 5.74) is 3.92. The molecule has 5 heteroatoms. The average Bonchev–Trinajstić information content (AvgIpc) is 2.58. The highest BCUT2D eigenvalue weighted by atomic mass is 32.2. The fraction of sp³-hybridized carbons (Fsp3) is 0.150. The normalized spacial score (nSPS) is 10.5. The Labute approximate surface area is 151 Å². The smallest absolute Gasteiger partial charge is 0.259 e. The van der Waals surface area contributed by atoms with E-state index in [0.717, 1.165) is 16.0 Å². The van der Waals surface area contributed by atoms with Gasteiger partial charge in [0.2, 0.25) is 0 Å². The van der Waals surface area contributed by atoms with Gasteiger partial charge in [0.1, 0.15) is 10.8 Å². The van der Waals surface area contributed by atoms with E-state index in [-0.39, 0.29) is 5.91 Å². The molecule has 0 saturated carbocycles. The Balaban J connectivity index is 1.88. The molecular weight excluding hydrogens is 330 g/mol. The SMILES string of the molecule is Cc1ccnc(NC(=O)c2cccnc2Sc2cc(C)ccc2C)c1. The Bertz CT molecular complexity index is 924. The lowest BCUT2D eigenvalue weighted by Gasteiger charge is -2.10. The van der Waals surface area contributed by atoms with Crippen molar-refractivity contribution in [2.24, 2.45) is 0 Å². The second-order valence-corrected chi connectivity index (χ2v) is 6.93. The Hall–Kier alpha value is -2.66. The van der Waals surface area contributed by atoms with Crippen LogP contribution < -0.4 is 5.32 Å². The third-order valence-corrected chi connectivity index (χ3v) is 4.90. The molecule has 25 heavy (non-hydrogen) atoms. The minimum Gasteiger partial charge on any atom is -0.306 e. The molecule has 0 atom stereocenters. The predicted octanol–water partition coefficient (Wildman–Crippen LogP) is 4.81. The van der Waals surface area contributed by atoms with Gasteiger partial charge < -0.3 is 5.32 Å². The first-order valence-electron chi connectivity index (χ1n) is 7.97. The molecule has 0 aliphatic heterocycles. The van der Waals surface area contributed by atoms with Crippen molar-refractivity contribution < 1.29 is 4.79 Å². The van der Waals surface area contributed by atoms with Crippen LogP contribution in [0.4, 0.5) is 5.82 Å². The lowest BCUT2D eigenvalue weighted by Crippen LogP contribution is -2.14. The highest BCUT2D eigenvalue weighted by Crippen LogP contribution is 2.32. The van der Waals surface area contributed by atoms with Gasteiger partial charge in [0.15, 0.2) is 0 Å². The van der Waals surface area contributed by atoms with E-state index in [0.29, 0.717) is 16.4 Å². The number of aryl methyl sites for hydroxylation is 3. The molecule has 1 aromatic carbocycles. The maximum Gasteiger partial charge on any atom is 0.259 e. The average molecular weight is 349 g/mol. The van der Waals surface area contributed by atoms with Crippen LogP contribution in [-0.4, -0.2) is 15.9 Å². The van der Waals surface area contributed by atoms with Crippen LogP contribution in [0.25, 0.3) is 0 Å². The zero-order valence-corrected chi connectivity index (χ0v) is 15.2. The lowest BCUT2D eigenvalue weighted by atomic mass is 10.2. The van der Waals surface area contributed by atoms with E-state index >= 15 is 0 Å². The van der Waals surface area contributed by atoms with Crippen LogP contribution in [0, 0.1) is 20.8 Å². The summed E-state index contributed by atoms with van der Waals surface area (Å²) in [5, 5.41) is 3.53. The monoisotopic (exact) mass is 349 g/mol. The number of carbonyl (C=O) groups excluding carboxylic acids is 1. The molecule has 3 aromatic rings. The van der Waals surface area contributed by atoms with Gasteiger partial charge in [-0.2, -0.15) is 0 Å². The number of carbonyl (C=O) groups is 1. The standard InChI is InChI=1S/C20H19N3OS/c1-13-6-7-15(3)17(11-13)25-20-16(5-4-9-22-20)19(24)23-18-12-14(2)8-10-21-18/h4-12H,1-3H3,(H,21,23,24). The maximum atomic E-state index is 12.7. The summed E-state index contributed by atoms with van der Waals surface area (Å²) >= 11 is 1.50. The topological polar surface area (TPSA) is 54.9 Å². The summed E-state index contributed by atoms with van der Waals surface area (Å²) in [5.74, 6) is 0.329. The van der Waals surface area contributed by atoms with Crippen LogP contribution in [-0.2, 0) is 0 Å². The van der Waals surface area contributed by atoms with Gasteiger partial charge in [0.25, 0.3) is 5.91 Å². The van der Waals surface area contributed by atoms with E-state index in [2.05, 4.69) is 47.3 Å². The molecule has 1 N–H and O–H groups in total. The quantitative estimate of drug-likeness (QED) is 0.735. The fourth-order valence-corrected chi connectivity index (χ4v) is 3.42. The van der Waals surface area contributed by atoms with Gasteiger partial charge in [-0.05, 0) is 67.8 Å². The van der Waals surface area contributed by atoms with Crippen LogP contribution in [0.2, 0.25) is 0 Å². The third kappa shape index (κ3) is 4.25. The molecule has 3 rings (SSSR count). The number of nitrogens with zero attached hydrogens (tertiary/aromatic N) is 2. The van der Waals surface area contributed by atoms with Crippen LogP contribution in [0.5, 0.6) is 0 Å². The maximum absolute atomic E-state index is 12.7. The van der Waals surface area contributed by atoms with E-state index in [1.165, 1.54) is 17.3 Å². The number of hydrogen-bond acceptors (Lipinski definition) is 4. The van der Waals surface area contributed by atoms with Gasteiger partial charge >= 0.3 is 0 Å². The Morgan fingerprint density at radius 3 is 2.56 bits per heavy atom. The van der Waals surface area contributed by atoms with Crippen molar-refractivity contribution in [2.75, 3.05) is 5.32 Å². The van der Waals surface area contributed by atoms with Gasteiger partial charge in [-0.25, -0.2) is 9.97 Å². The molecule has 126 valence electrons. The zero-order chi connectivity index (χ0) is 17.8. The van der Waals surface area contributed by atoms with Crippen molar-refractivity contribution in [2.45, 2.75) is 30.7 Å². The van der Waals surface area contributed by atoms with E-state index in [1.54, 1.807) is 24.5 Å². The predicted molar refractivity (Wildman–Crippen MR) is 101 cm³/mol. The minimum atomic E-state index is -0.209. The largest absolute Gasteiger partial charge is 0.306 e. The molecule has 0 spiro atoms. The second-order valence-electron chi connectivity index (χ2n) is 5.90. The van der Waals surface area contributed by atoms with Gasteiger partial charge in [0, 0.05) is 17.3 Å². The number of benzene rings is 1. The molecule has 0 saturated heterocycles. The summed E-state index contributed by atoms with van der Waals surface area (Å²) < 4.78 is 0. The van der Waals surface area contributed by atoms with Gasteiger partial charge in [-0.15, -0.1) is 0 Å². The number of anilines is 1. The molecule has 2 aromatic heterocycles. The Kier molecular flexibility index (Phi) is 5.14. The molecule has 0 bridgehead atoms. The second kappa shape index (κ2) is 7.49. The summed E-state index contributed by atoms with van der Waals surface area (Å²) in [6.07, 6.45) is 3.38. The van der Waals surface area contributed by atoms with Crippen LogP contribution >= 0.6 is 11.8 Å². The fourth-order valence-electron chi connectivity index (χ4n) is 2.35. The number of hydrogen-bond donors (Lipinski definition) is 1. The molecule has 0 radical (unpaired) electrons. The van der Waals surface area contributed by atoms with Crippen molar-refractivity contribution in [3.63, 3.8) is 0 Å². The molecule has 0 aliphatic carbocycles. The first-order valence-corrected chi connectivity index (χ1v) is 8.79. The van der Waals surface area contributed by atoms with Crippen LogP contribution in [0.15, 0.2) is 64.8 Å². The summed E-state index contributed by atoms with van der Waals surface area (Å²) in [7, 11) is 0. The number of nitrogens with one attached hydrogen (secondary N) is 1. The zero-order valence-electron chi connectivity index (χ0n) is 14.4. The van der Waals surface area contributed by atoms with E-state index in [9.17, 15) is 4.79 Å². The Morgan fingerprint density at radius 2 is 1.76 bits per heavy atom. The minimum absolute atomic E-state index is 0.209. The summed E-state index contributed by atoms with van der Waals surface area (Å²) in [6, 6.07) is 13.6. The first kappa shape index (κ1) is 17.2. The van der Waals surface area contributed by atoms with Gasteiger partial charge in [-0.3, -0.25) is 4.79 Å². The van der Waals surface area contributed by atoms with Crippen molar-refractivity contribution in [1.29, 1.82) is 0 Å². The molecular formula is C20H19N3OS. The number of pyridine rings is 2. The highest BCUT2D eigenvalue weighted by Gasteiger charge is 2.15. The summed E-state index contributed by atoms with van der Waals surface area (Å²) in [4.78, 5) is 22.4. The van der Waals surface area contributed by atoms with Crippen molar-refractivity contribution in [1.82, 2.24) is 9.97 Å². The van der Waals surface area contributed by atoms with Gasteiger partial charge in [0.05, 0.1) is 5.56 Å². The molecule has 0 fully saturated rings. The van der Waals surface area contributed by atoms with Gasteiger partial charge in [-0.1, -0.05) is 23.9 Å². The molecule has 0 unspecified atom stereocenters. The summed E-state index contributed by atoms with van der Waals surface area (Å²) in [6.45, 7) is 6.07. The molecule has 1 amide bonds. The molecule has 4 nitrogen and oxygen atoms in total. The first-order chi connectivity index (χ1) is 12.0.